The van der Waals surface area contributed by atoms with Gasteiger partial charge in [0.05, 0.1) is 6.04 Å². The Morgan fingerprint density at radius 1 is 1.10 bits per heavy atom. The molecule has 30 heavy (non-hydrogen) atoms. The number of amides is 1. The third-order valence-corrected chi connectivity index (χ3v) is 8.30. The molecule has 5 heteroatoms. The van der Waals surface area contributed by atoms with Crippen LogP contribution in [0.4, 0.5) is 0 Å². The number of nitrogens with one attached hydrogen (secondary N) is 2. The van der Waals surface area contributed by atoms with Gasteiger partial charge in [-0.3, -0.25) is 9.69 Å². The van der Waals surface area contributed by atoms with E-state index in [2.05, 4.69) is 21.6 Å². The Morgan fingerprint density at radius 3 is 2.43 bits per heavy atom. The summed E-state index contributed by atoms with van der Waals surface area (Å²) < 4.78 is 0. The molecule has 1 heterocycles. The van der Waals surface area contributed by atoms with Crippen LogP contribution in [0.5, 0.6) is 0 Å². The van der Waals surface area contributed by atoms with E-state index in [1.165, 1.54) is 37.7 Å². The average Bonchev–Trinajstić information content (AvgIpc) is 3.06. The average molecular weight is 430 g/mol. The molecule has 5 fully saturated rings. The monoisotopic (exact) mass is 429 g/mol. The molecular weight excluding hydrogens is 394 g/mol. The first-order valence-electron chi connectivity index (χ1n) is 12.0. The van der Waals surface area contributed by atoms with E-state index < -0.39 is 0 Å². The van der Waals surface area contributed by atoms with Crippen LogP contribution in [0.15, 0.2) is 24.3 Å². The van der Waals surface area contributed by atoms with Crippen molar-refractivity contribution in [2.45, 2.75) is 83.1 Å². The van der Waals surface area contributed by atoms with Gasteiger partial charge in [0.1, 0.15) is 0 Å². The maximum Gasteiger partial charge on any atom is 0.237 e. The molecule has 0 radical (unpaired) electrons. The van der Waals surface area contributed by atoms with Crippen molar-refractivity contribution in [3.63, 3.8) is 0 Å². The number of benzene rings is 1. The summed E-state index contributed by atoms with van der Waals surface area (Å²) in [7, 11) is 0. The summed E-state index contributed by atoms with van der Waals surface area (Å²) in [5, 5.41) is 7.99. The lowest BCUT2D eigenvalue weighted by atomic mass is 9.54. The van der Waals surface area contributed by atoms with Crippen molar-refractivity contribution in [1.29, 1.82) is 0 Å². The van der Waals surface area contributed by atoms with E-state index in [1.54, 1.807) is 0 Å². The molecule has 1 saturated heterocycles. The number of rotatable bonds is 6. The Balaban J connectivity index is 1.28. The fraction of sp³-hybridized carbons (Fsp3) is 0.720. The largest absolute Gasteiger partial charge is 0.353 e. The summed E-state index contributed by atoms with van der Waals surface area (Å²) in [5.74, 6) is 3.90. The van der Waals surface area contributed by atoms with Gasteiger partial charge in [0.2, 0.25) is 5.91 Å². The van der Waals surface area contributed by atoms with Crippen LogP contribution in [-0.2, 0) is 11.3 Å². The lowest BCUT2D eigenvalue weighted by Crippen LogP contribution is -2.57. The van der Waals surface area contributed by atoms with Crippen LogP contribution in [0, 0.1) is 23.7 Å². The summed E-state index contributed by atoms with van der Waals surface area (Å²) >= 11 is 6.22. The third-order valence-electron chi connectivity index (χ3n) is 8.07. The van der Waals surface area contributed by atoms with Gasteiger partial charge in [-0.1, -0.05) is 23.7 Å². The predicted molar refractivity (Wildman–Crippen MR) is 121 cm³/mol. The first-order chi connectivity index (χ1) is 14.4. The first-order valence-corrected chi connectivity index (χ1v) is 12.4. The summed E-state index contributed by atoms with van der Waals surface area (Å²) in [5.41, 5.74) is 1.18. The van der Waals surface area contributed by atoms with Crippen LogP contribution >= 0.6 is 11.6 Å². The smallest absolute Gasteiger partial charge is 0.237 e. The van der Waals surface area contributed by atoms with E-state index in [4.69, 9.17) is 11.6 Å². The minimum Gasteiger partial charge on any atom is -0.353 e. The molecule has 4 aliphatic carbocycles. The van der Waals surface area contributed by atoms with Gasteiger partial charge in [-0.2, -0.15) is 0 Å². The molecule has 0 unspecified atom stereocenters. The Morgan fingerprint density at radius 2 is 1.80 bits per heavy atom. The Hall–Kier alpha value is -1.10. The van der Waals surface area contributed by atoms with Crippen molar-refractivity contribution >= 4 is 17.5 Å². The second kappa shape index (κ2) is 8.44. The molecule has 2 N–H and O–H groups in total. The molecule has 1 aromatic rings. The molecule has 5 aliphatic rings. The van der Waals surface area contributed by atoms with Crippen LogP contribution in [-0.4, -0.2) is 41.5 Å². The van der Waals surface area contributed by atoms with Crippen LogP contribution in [0.25, 0.3) is 0 Å². The zero-order valence-corrected chi connectivity index (χ0v) is 19.1. The second-order valence-corrected chi connectivity index (χ2v) is 11.2. The van der Waals surface area contributed by atoms with Crippen molar-refractivity contribution in [1.82, 2.24) is 15.5 Å². The van der Waals surface area contributed by atoms with Gasteiger partial charge < -0.3 is 10.6 Å². The summed E-state index contributed by atoms with van der Waals surface area (Å²) in [6, 6.07) is 9.22. The number of likely N-dealkylation sites (tertiary alicyclic amines) is 1. The topological polar surface area (TPSA) is 44.4 Å². The zero-order chi connectivity index (χ0) is 20.8. The molecule has 6 rings (SSSR count). The number of halogens is 1. The molecule has 1 aliphatic heterocycles. The van der Waals surface area contributed by atoms with Gasteiger partial charge in [-0.25, -0.2) is 0 Å². The van der Waals surface area contributed by atoms with E-state index >= 15 is 0 Å². The van der Waals surface area contributed by atoms with E-state index in [9.17, 15) is 4.79 Å². The van der Waals surface area contributed by atoms with Gasteiger partial charge >= 0.3 is 0 Å². The van der Waals surface area contributed by atoms with Gasteiger partial charge in [-0.15, -0.1) is 0 Å². The van der Waals surface area contributed by atoms with Crippen LogP contribution in [0.3, 0.4) is 0 Å². The normalized spacial score (nSPS) is 37.8. The van der Waals surface area contributed by atoms with Crippen LogP contribution in [0.1, 0.15) is 57.9 Å². The predicted octanol–water partition coefficient (Wildman–Crippen LogP) is 4.22. The quantitative estimate of drug-likeness (QED) is 0.711. The number of hydrogen-bond donors (Lipinski definition) is 2. The number of hydrogen-bond acceptors (Lipinski definition) is 3. The van der Waals surface area contributed by atoms with E-state index in [0.717, 1.165) is 48.2 Å². The summed E-state index contributed by atoms with van der Waals surface area (Å²) in [6.07, 6.45) is 8.12. The highest BCUT2D eigenvalue weighted by molar-refractivity contribution is 6.30. The van der Waals surface area contributed by atoms with Crippen molar-refractivity contribution in [2.75, 3.05) is 6.54 Å². The lowest BCUT2D eigenvalue weighted by Gasteiger charge is -2.55. The molecule has 1 amide bonds. The molecule has 0 spiro atoms. The molecule has 164 valence electrons. The standard InChI is InChI=1S/C25H36ClN3O/c1-15(2)27-25(30)23-12-22(14-29(23)13-16-4-3-5-21(26)11-16)28-24-19-7-17-6-18(9-19)10-20(24)8-17/h3-5,11,15,17-20,22-24,28H,6-10,12-14H2,1-2H3,(H,27,30)/t17?,18?,19?,20?,22-,23-,24?/m0/s1. The number of carbonyl (C=O) groups is 1. The Labute approximate surface area is 186 Å². The maximum absolute atomic E-state index is 13.0. The van der Waals surface area contributed by atoms with Crippen LogP contribution in [0.2, 0.25) is 5.02 Å². The summed E-state index contributed by atoms with van der Waals surface area (Å²) in [6.45, 7) is 5.79. The van der Waals surface area contributed by atoms with E-state index in [-0.39, 0.29) is 18.0 Å². The highest BCUT2D eigenvalue weighted by Crippen LogP contribution is 2.53. The molecule has 1 aromatic carbocycles. The van der Waals surface area contributed by atoms with Gasteiger partial charge in [0.15, 0.2) is 0 Å². The van der Waals surface area contributed by atoms with E-state index in [1.807, 2.05) is 32.0 Å². The lowest BCUT2D eigenvalue weighted by molar-refractivity contribution is -0.126. The molecule has 4 bridgehead atoms. The third kappa shape index (κ3) is 4.28. The highest BCUT2D eigenvalue weighted by Gasteiger charge is 2.49. The fourth-order valence-corrected chi connectivity index (χ4v) is 7.40. The van der Waals surface area contributed by atoms with Gasteiger partial charge in [0.25, 0.3) is 0 Å². The Kier molecular flexibility index (Phi) is 5.85. The zero-order valence-electron chi connectivity index (χ0n) is 18.3. The van der Waals surface area contributed by atoms with E-state index in [0.29, 0.717) is 12.1 Å². The van der Waals surface area contributed by atoms with Crippen molar-refractivity contribution in [3.8, 4) is 0 Å². The first kappa shape index (κ1) is 20.8. The van der Waals surface area contributed by atoms with Crippen molar-refractivity contribution in [2.24, 2.45) is 23.7 Å². The molecule has 4 saturated carbocycles. The molecule has 4 nitrogen and oxygen atoms in total. The minimum absolute atomic E-state index is 0.0688. The van der Waals surface area contributed by atoms with Gasteiger partial charge in [0, 0.05) is 36.2 Å². The SMILES string of the molecule is CC(C)NC(=O)[C@@H]1C[C@H](NC2C3CC4CC(C3)CC2C4)CN1Cc1cccc(Cl)c1. The molecule has 0 aromatic heterocycles. The minimum atomic E-state index is -0.0688. The van der Waals surface area contributed by atoms with Crippen LogP contribution < -0.4 is 10.6 Å². The highest BCUT2D eigenvalue weighted by atomic mass is 35.5. The number of carbonyl (C=O) groups excluding carboxylic acids is 1. The molecule has 2 atom stereocenters. The van der Waals surface area contributed by atoms with Crippen molar-refractivity contribution < 1.29 is 4.79 Å². The van der Waals surface area contributed by atoms with Crippen molar-refractivity contribution in [3.05, 3.63) is 34.9 Å². The summed E-state index contributed by atoms with van der Waals surface area (Å²) in [4.78, 5) is 15.4. The molecular formula is C25H36ClN3O. The number of nitrogens with zero attached hydrogens (tertiary/aromatic N) is 1. The van der Waals surface area contributed by atoms with Gasteiger partial charge in [-0.05, 0) is 93.7 Å². The second-order valence-electron chi connectivity index (χ2n) is 10.8. The maximum atomic E-state index is 13.0. The Bertz CT molecular complexity index is 753. The fourth-order valence-electron chi connectivity index (χ4n) is 7.19.